The molecular formula is C14H27N3. The van der Waals surface area contributed by atoms with Crippen LogP contribution >= 0.6 is 0 Å². The second-order valence-electron chi connectivity index (χ2n) is 4.76. The Morgan fingerprint density at radius 3 is 2.47 bits per heavy atom. The topological polar surface area (TPSA) is 29.9 Å². The van der Waals surface area contributed by atoms with Gasteiger partial charge in [0.1, 0.15) is 0 Å². The maximum Gasteiger partial charge on any atom is 0.0644 e. The van der Waals surface area contributed by atoms with E-state index in [2.05, 4.69) is 50.7 Å². The van der Waals surface area contributed by atoms with Gasteiger partial charge in [0.15, 0.2) is 0 Å². The van der Waals surface area contributed by atoms with E-state index in [4.69, 9.17) is 5.10 Å². The summed E-state index contributed by atoms with van der Waals surface area (Å²) < 4.78 is 2.20. The third kappa shape index (κ3) is 3.56. The lowest BCUT2D eigenvalue weighted by molar-refractivity contribution is 0.357. The molecule has 0 saturated carbocycles. The van der Waals surface area contributed by atoms with E-state index in [0.29, 0.717) is 12.1 Å². The highest BCUT2D eigenvalue weighted by molar-refractivity contribution is 5.11. The first-order valence-corrected chi connectivity index (χ1v) is 6.94. The van der Waals surface area contributed by atoms with Crippen molar-refractivity contribution in [3.8, 4) is 0 Å². The first-order chi connectivity index (χ1) is 8.13. The summed E-state index contributed by atoms with van der Waals surface area (Å²) in [4.78, 5) is 0. The fourth-order valence-corrected chi connectivity index (χ4v) is 2.03. The van der Waals surface area contributed by atoms with Gasteiger partial charge in [-0.05, 0) is 45.7 Å². The zero-order valence-corrected chi connectivity index (χ0v) is 12.0. The summed E-state index contributed by atoms with van der Waals surface area (Å²) in [5.74, 6) is 0. The molecular weight excluding hydrogens is 210 g/mol. The van der Waals surface area contributed by atoms with Gasteiger partial charge < -0.3 is 5.32 Å². The predicted octanol–water partition coefficient (Wildman–Crippen LogP) is 2.96. The molecule has 98 valence electrons. The molecule has 0 aliphatic rings. The van der Waals surface area contributed by atoms with Gasteiger partial charge in [-0.3, -0.25) is 4.68 Å². The summed E-state index contributed by atoms with van der Waals surface area (Å²) in [5, 5.41) is 8.25. The summed E-state index contributed by atoms with van der Waals surface area (Å²) in [6.07, 6.45) is 3.25. The average Bonchev–Trinajstić information content (AvgIpc) is 2.78. The Labute approximate surface area is 106 Å². The van der Waals surface area contributed by atoms with E-state index in [-0.39, 0.29) is 0 Å². The lowest BCUT2D eigenvalue weighted by Crippen LogP contribution is -2.35. The second-order valence-corrected chi connectivity index (χ2v) is 4.76. The Morgan fingerprint density at radius 2 is 1.94 bits per heavy atom. The number of hydrogen-bond acceptors (Lipinski definition) is 2. The van der Waals surface area contributed by atoms with Gasteiger partial charge in [-0.1, -0.05) is 20.8 Å². The monoisotopic (exact) mass is 237 g/mol. The van der Waals surface area contributed by atoms with Crippen LogP contribution in [0.15, 0.2) is 6.07 Å². The largest absolute Gasteiger partial charge is 0.312 e. The molecule has 0 amide bonds. The first-order valence-electron chi connectivity index (χ1n) is 6.94. The number of nitrogens with zero attached hydrogens (tertiary/aromatic N) is 2. The van der Waals surface area contributed by atoms with E-state index in [0.717, 1.165) is 19.4 Å². The van der Waals surface area contributed by atoms with E-state index in [1.165, 1.54) is 17.8 Å². The maximum atomic E-state index is 4.71. The van der Waals surface area contributed by atoms with Crippen LogP contribution in [0.1, 0.15) is 58.5 Å². The number of aromatic nitrogens is 2. The van der Waals surface area contributed by atoms with Gasteiger partial charge in [0, 0.05) is 11.7 Å². The van der Waals surface area contributed by atoms with Crippen molar-refractivity contribution in [3.63, 3.8) is 0 Å². The molecule has 1 N–H and O–H groups in total. The number of aryl methyl sites for hydroxylation is 2. The van der Waals surface area contributed by atoms with Gasteiger partial charge in [0.2, 0.25) is 0 Å². The van der Waals surface area contributed by atoms with Crippen molar-refractivity contribution >= 4 is 0 Å². The molecule has 0 bridgehead atoms. The van der Waals surface area contributed by atoms with E-state index in [9.17, 15) is 0 Å². The van der Waals surface area contributed by atoms with Crippen molar-refractivity contribution in [2.45, 2.75) is 66.0 Å². The second kappa shape index (κ2) is 6.80. The van der Waals surface area contributed by atoms with Gasteiger partial charge in [0.05, 0.1) is 11.7 Å². The molecule has 2 atom stereocenters. The zero-order chi connectivity index (χ0) is 12.8. The van der Waals surface area contributed by atoms with Crippen LogP contribution in [0.5, 0.6) is 0 Å². The highest BCUT2D eigenvalue weighted by Gasteiger charge is 2.17. The molecule has 0 fully saturated rings. The minimum absolute atomic E-state index is 0.414. The van der Waals surface area contributed by atoms with Crippen LogP contribution < -0.4 is 5.32 Å². The summed E-state index contributed by atoms with van der Waals surface area (Å²) in [6, 6.07) is 3.12. The van der Waals surface area contributed by atoms with Crippen molar-refractivity contribution in [2.24, 2.45) is 0 Å². The third-order valence-corrected chi connectivity index (χ3v) is 3.41. The van der Waals surface area contributed by atoms with Gasteiger partial charge in [0.25, 0.3) is 0 Å². The van der Waals surface area contributed by atoms with Crippen molar-refractivity contribution < 1.29 is 0 Å². The molecule has 0 radical (unpaired) electrons. The summed E-state index contributed by atoms with van der Waals surface area (Å²) >= 11 is 0. The molecule has 1 aromatic heterocycles. The molecule has 1 aromatic rings. The number of nitrogens with one attached hydrogen (secondary N) is 1. The first kappa shape index (κ1) is 14.2. The van der Waals surface area contributed by atoms with Gasteiger partial charge in [-0.25, -0.2) is 0 Å². The van der Waals surface area contributed by atoms with Crippen LogP contribution in [0.25, 0.3) is 0 Å². The summed E-state index contributed by atoms with van der Waals surface area (Å²) in [6.45, 7) is 12.1. The smallest absolute Gasteiger partial charge is 0.0644 e. The van der Waals surface area contributed by atoms with Crippen LogP contribution in [-0.2, 0) is 12.8 Å². The molecule has 3 heteroatoms. The standard InChI is InChI=1S/C14H27N3/c1-6-9-15-11(4)12(5)17-14(8-3)10-13(7-2)16-17/h10-12,15H,6-9H2,1-5H3. The van der Waals surface area contributed by atoms with Crippen molar-refractivity contribution in [1.82, 2.24) is 15.1 Å². The Balaban J connectivity index is 2.78. The van der Waals surface area contributed by atoms with E-state index in [1.807, 2.05) is 0 Å². The number of rotatable bonds is 7. The van der Waals surface area contributed by atoms with Crippen LogP contribution in [0.3, 0.4) is 0 Å². The van der Waals surface area contributed by atoms with Gasteiger partial charge >= 0.3 is 0 Å². The maximum absolute atomic E-state index is 4.71. The predicted molar refractivity (Wildman–Crippen MR) is 73.4 cm³/mol. The fourth-order valence-electron chi connectivity index (χ4n) is 2.03. The van der Waals surface area contributed by atoms with Gasteiger partial charge in [-0.2, -0.15) is 5.10 Å². The van der Waals surface area contributed by atoms with Gasteiger partial charge in [-0.15, -0.1) is 0 Å². The highest BCUT2D eigenvalue weighted by Crippen LogP contribution is 2.16. The summed E-state index contributed by atoms with van der Waals surface area (Å²) in [5.41, 5.74) is 2.55. The Hall–Kier alpha value is -0.830. The molecule has 0 aliphatic heterocycles. The number of hydrogen-bond donors (Lipinski definition) is 1. The molecule has 3 nitrogen and oxygen atoms in total. The van der Waals surface area contributed by atoms with E-state index >= 15 is 0 Å². The average molecular weight is 237 g/mol. The third-order valence-electron chi connectivity index (χ3n) is 3.41. The van der Waals surface area contributed by atoms with Crippen molar-refractivity contribution in [2.75, 3.05) is 6.54 Å². The molecule has 0 aliphatic carbocycles. The van der Waals surface area contributed by atoms with Crippen LogP contribution in [-0.4, -0.2) is 22.4 Å². The quantitative estimate of drug-likeness (QED) is 0.790. The minimum Gasteiger partial charge on any atom is -0.312 e. The normalized spacial score (nSPS) is 14.9. The Kier molecular flexibility index (Phi) is 5.69. The molecule has 0 aromatic carbocycles. The van der Waals surface area contributed by atoms with Crippen molar-refractivity contribution in [3.05, 3.63) is 17.5 Å². The van der Waals surface area contributed by atoms with Crippen LogP contribution in [0, 0.1) is 0 Å². The SMILES string of the molecule is CCCNC(C)C(C)n1nc(CC)cc1CC. The fraction of sp³-hybridized carbons (Fsp3) is 0.786. The Morgan fingerprint density at radius 1 is 1.24 bits per heavy atom. The minimum atomic E-state index is 0.414. The highest BCUT2D eigenvalue weighted by atomic mass is 15.3. The molecule has 1 heterocycles. The molecule has 1 rings (SSSR count). The lowest BCUT2D eigenvalue weighted by Gasteiger charge is -2.23. The summed E-state index contributed by atoms with van der Waals surface area (Å²) in [7, 11) is 0. The molecule has 2 unspecified atom stereocenters. The molecule has 17 heavy (non-hydrogen) atoms. The van der Waals surface area contributed by atoms with Crippen LogP contribution in [0.4, 0.5) is 0 Å². The van der Waals surface area contributed by atoms with E-state index < -0.39 is 0 Å². The van der Waals surface area contributed by atoms with Crippen LogP contribution in [0.2, 0.25) is 0 Å². The lowest BCUT2D eigenvalue weighted by atomic mass is 10.1. The Bertz CT molecular complexity index is 330. The van der Waals surface area contributed by atoms with E-state index in [1.54, 1.807) is 0 Å². The van der Waals surface area contributed by atoms with Crippen molar-refractivity contribution in [1.29, 1.82) is 0 Å². The zero-order valence-electron chi connectivity index (χ0n) is 12.0. The molecule has 0 spiro atoms. The molecule has 0 saturated heterocycles.